The molecule has 9 heteroatoms. The molecular formula is C20H30F6O3. The predicted molar refractivity (Wildman–Crippen MR) is 95.9 cm³/mol. The number of allylic oxidation sites excluding steroid dienone is 1. The lowest BCUT2D eigenvalue weighted by Crippen LogP contribution is -2.65. The lowest BCUT2D eigenvalue weighted by molar-refractivity contribution is -0.393. The first kappa shape index (κ1) is 25.8. The zero-order valence-electron chi connectivity index (χ0n) is 17.6. The Morgan fingerprint density at radius 3 is 1.76 bits per heavy atom. The molecule has 1 aliphatic carbocycles. The van der Waals surface area contributed by atoms with Gasteiger partial charge in [-0.2, -0.15) is 26.3 Å². The molecule has 0 radical (unpaired) electrons. The minimum Gasteiger partial charge on any atom is -0.461 e. The van der Waals surface area contributed by atoms with Crippen LogP contribution in [0.2, 0.25) is 0 Å². The SMILES string of the molecule is CC(C)=CC(C)(C(=O)OC1CCCCC1C(O)(C(F)(F)F)C(F)(F)F)C(C)(C)C. The number of hydrogen-bond acceptors (Lipinski definition) is 3. The van der Waals surface area contributed by atoms with Crippen molar-refractivity contribution < 1.29 is 41.0 Å². The molecule has 0 spiro atoms. The molecule has 1 rings (SSSR count). The van der Waals surface area contributed by atoms with E-state index < -0.39 is 53.2 Å². The fourth-order valence-electron chi connectivity index (χ4n) is 3.72. The monoisotopic (exact) mass is 432 g/mol. The van der Waals surface area contributed by atoms with Crippen LogP contribution in [0.1, 0.15) is 67.2 Å². The second-order valence-corrected chi connectivity index (χ2v) is 9.27. The summed E-state index contributed by atoms with van der Waals surface area (Å²) in [5, 5.41) is 9.85. The van der Waals surface area contributed by atoms with Gasteiger partial charge in [0.1, 0.15) is 6.10 Å². The predicted octanol–water partition coefficient (Wildman–Crippen LogP) is 5.96. The Balaban J connectivity index is 3.38. The van der Waals surface area contributed by atoms with Crippen LogP contribution in [0.3, 0.4) is 0 Å². The van der Waals surface area contributed by atoms with Gasteiger partial charge in [-0.05, 0) is 45.4 Å². The lowest BCUT2D eigenvalue weighted by atomic mass is 9.67. The number of aliphatic hydroxyl groups is 1. The molecule has 1 saturated carbocycles. The minimum absolute atomic E-state index is 0.0672. The van der Waals surface area contributed by atoms with Crippen LogP contribution < -0.4 is 0 Å². The van der Waals surface area contributed by atoms with Crippen LogP contribution in [0.5, 0.6) is 0 Å². The van der Waals surface area contributed by atoms with Gasteiger partial charge in [-0.3, -0.25) is 4.79 Å². The summed E-state index contributed by atoms with van der Waals surface area (Å²) in [5.41, 5.74) is -6.18. The highest BCUT2D eigenvalue weighted by Gasteiger charge is 2.75. The van der Waals surface area contributed by atoms with Crippen LogP contribution in [0, 0.1) is 16.7 Å². The first-order valence-corrected chi connectivity index (χ1v) is 9.52. The van der Waals surface area contributed by atoms with Crippen molar-refractivity contribution in [3.63, 3.8) is 0 Å². The van der Waals surface area contributed by atoms with Gasteiger partial charge < -0.3 is 9.84 Å². The molecule has 0 bridgehead atoms. The number of alkyl halides is 6. The molecule has 1 aliphatic rings. The highest BCUT2D eigenvalue weighted by Crippen LogP contribution is 2.53. The molecule has 0 aromatic rings. The molecule has 1 N–H and O–H groups in total. The van der Waals surface area contributed by atoms with E-state index >= 15 is 0 Å². The van der Waals surface area contributed by atoms with Crippen molar-refractivity contribution in [1.82, 2.24) is 0 Å². The Labute approximate surface area is 167 Å². The third kappa shape index (κ3) is 4.91. The first-order valence-electron chi connectivity index (χ1n) is 9.52. The van der Waals surface area contributed by atoms with Gasteiger partial charge in [0.15, 0.2) is 0 Å². The number of carbonyl (C=O) groups is 1. The van der Waals surface area contributed by atoms with Crippen LogP contribution in [-0.4, -0.2) is 35.1 Å². The van der Waals surface area contributed by atoms with E-state index in [2.05, 4.69) is 0 Å². The molecule has 1 fully saturated rings. The van der Waals surface area contributed by atoms with Gasteiger partial charge in [0, 0.05) is 5.92 Å². The van der Waals surface area contributed by atoms with E-state index in [9.17, 15) is 36.2 Å². The molecule has 0 aliphatic heterocycles. The van der Waals surface area contributed by atoms with Crippen molar-refractivity contribution in [2.75, 3.05) is 0 Å². The zero-order chi connectivity index (χ0) is 23.1. The van der Waals surface area contributed by atoms with Gasteiger partial charge in [-0.1, -0.05) is 38.8 Å². The van der Waals surface area contributed by atoms with E-state index in [1.807, 2.05) is 0 Å². The van der Waals surface area contributed by atoms with Gasteiger partial charge in [0.2, 0.25) is 0 Å². The largest absolute Gasteiger partial charge is 0.461 e. The second kappa shape index (κ2) is 8.12. The fourth-order valence-corrected chi connectivity index (χ4v) is 3.72. The standard InChI is InChI=1S/C20H30F6O3/c1-12(2)11-17(6,16(3,4)5)15(27)29-14-10-8-7-9-13(14)18(28,19(21,22)23)20(24,25)26/h11,13-14,28H,7-10H2,1-6H3. The number of esters is 1. The highest BCUT2D eigenvalue weighted by molar-refractivity contribution is 5.80. The van der Waals surface area contributed by atoms with Gasteiger partial charge in [0.25, 0.3) is 5.60 Å². The summed E-state index contributed by atoms with van der Waals surface area (Å²) in [7, 11) is 0. The molecule has 3 unspecified atom stereocenters. The Hall–Kier alpha value is -1.25. The van der Waals surface area contributed by atoms with Gasteiger partial charge >= 0.3 is 18.3 Å². The van der Waals surface area contributed by atoms with Crippen molar-refractivity contribution in [1.29, 1.82) is 0 Å². The quantitative estimate of drug-likeness (QED) is 0.339. The van der Waals surface area contributed by atoms with Crippen molar-refractivity contribution >= 4 is 5.97 Å². The molecule has 170 valence electrons. The van der Waals surface area contributed by atoms with Crippen molar-refractivity contribution in [2.45, 2.75) is 91.3 Å². The summed E-state index contributed by atoms with van der Waals surface area (Å²) < 4.78 is 85.5. The first-order chi connectivity index (χ1) is 12.8. The Morgan fingerprint density at radius 2 is 1.38 bits per heavy atom. The van der Waals surface area contributed by atoms with E-state index in [0.717, 1.165) is 5.57 Å². The normalized spacial score (nSPS) is 23.9. The molecule has 29 heavy (non-hydrogen) atoms. The molecule has 3 atom stereocenters. The lowest BCUT2D eigenvalue weighted by Gasteiger charge is -2.45. The number of rotatable bonds is 4. The maximum Gasteiger partial charge on any atom is 0.426 e. The smallest absolute Gasteiger partial charge is 0.426 e. The topological polar surface area (TPSA) is 46.5 Å². The molecular weight excluding hydrogens is 402 g/mol. The second-order valence-electron chi connectivity index (χ2n) is 9.27. The molecule has 0 amide bonds. The van der Waals surface area contributed by atoms with Crippen LogP contribution >= 0.6 is 0 Å². The average molecular weight is 432 g/mol. The van der Waals surface area contributed by atoms with Crippen LogP contribution in [0.25, 0.3) is 0 Å². The molecule has 0 aromatic heterocycles. The fraction of sp³-hybridized carbons (Fsp3) is 0.850. The van der Waals surface area contributed by atoms with E-state index in [1.54, 1.807) is 47.6 Å². The maximum atomic E-state index is 13.4. The van der Waals surface area contributed by atoms with Gasteiger partial charge in [0.05, 0.1) is 5.41 Å². The minimum atomic E-state index is -5.95. The van der Waals surface area contributed by atoms with Gasteiger partial charge in [-0.25, -0.2) is 0 Å². The molecule has 0 aromatic carbocycles. The summed E-state index contributed by atoms with van der Waals surface area (Å²) in [4.78, 5) is 13.0. The number of hydrogen-bond donors (Lipinski definition) is 1. The zero-order valence-corrected chi connectivity index (χ0v) is 17.6. The Morgan fingerprint density at radius 1 is 0.931 bits per heavy atom. The van der Waals surface area contributed by atoms with Crippen molar-refractivity contribution in [2.24, 2.45) is 16.7 Å². The molecule has 3 nitrogen and oxygen atoms in total. The average Bonchev–Trinajstić information content (AvgIpc) is 2.50. The summed E-state index contributed by atoms with van der Waals surface area (Å²) in [5.74, 6) is -3.23. The van der Waals surface area contributed by atoms with E-state index in [4.69, 9.17) is 4.74 Å². The highest BCUT2D eigenvalue weighted by atomic mass is 19.4. The Kier molecular flexibility index (Phi) is 7.22. The third-order valence-corrected chi connectivity index (χ3v) is 5.92. The van der Waals surface area contributed by atoms with Crippen molar-refractivity contribution in [3.05, 3.63) is 11.6 Å². The Bertz CT molecular complexity index is 612. The van der Waals surface area contributed by atoms with Crippen LogP contribution in [0.15, 0.2) is 11.6 Å². The molecule has 0 saturated heterocycles. The van der Waals surface area contributed by atoms with Gasteiger partial charge in [-0.15, -0.1) is 0 Å². The van der Waals surface area contributed by atoms with E-state index in [0.29, 0.717) is 6.42 Å². The molecule has 0 heterocycles. The third-order valence-electron chi connectivity index (χ3n) is 5.92. The van der Waals surface area contributed by atoms with E-state index in [1.165, 1.54) is 0 Å². The summed E-state index contributed by atoms with van der Waals surface area (Å²) in [6.45, 7) is 10.2. The van der Waals surface area contributed by atoms with Crippen LogP contribution in [-0.2, 0) is 9.53 Å². The number of halogens is 6. The van der Waals surface area contributed by atoms with E-state index in [-0.39, 0.29) is 12.8 Å². The number of carbonyl (C=O) groups excluding carboxylic acids is 1. The maximum absolute atomic E-state index is 13.4. The van der Waals surface area contributed by atoms with Crippen molar-refractivity contribution in [3.8, 4) is 0 Å². The van der Waals surface area contributed by atoms with Crippen LogP contribution in [0.4, 0.5) is 26.3 Å². The summed E-state index contributed by atoms with van der Waals surface area (Å²) in [6.07, 6.45) is -12.4. The number of ether oxygens (including phenoxy) is 1. The summed E-state index contributed by atoms with van der Waals surface area (Å²) >= 11 is 0. The summed E-state index contributed by atoms with van der Waals surface area (Å²) in [6, 6.07) is 0.